The fraction of sp³-hybridized carbons (Fsp3) is 0.267. The topological polar surface area (TPSA) is 113 Å². The number of aliphatic hydroxyl groups excluding tert-OH is 1. The third-order valence-electron chi connectivity index (χ3n) is 6.86. The predicted octanol–water partition coefficient (Wildman–Crippen LogP) is 4.94. The van der Waals surface area contributed by atoms with Crippen molar-refractivity contribution >= 4 is 23.1 Å². The van der Waals surface area contributed by atoms with Crippen molar-refractivity contribution in [3.63, 3.8) is 0 Å². The van der Waals surface area contributed by atoms with Crippen LogP contribution in [-0.2, 0) is 16.2 Å². The van der Waals surface area contributed by atoms with Crippen molar-refractivity contribution in [2.45, 2.75) is 26.5 Å². The molecule has 0 spiro atoms. The summed E-state index contributed by atoms with van der Waals surface area (Å²) in [5, 5.41) is 22.8. The average molecular weight is 530 g/mol. The summed E-state index contributed by atoms with van der Waals surface area (Å²) in [5.74, 6) is -1.34. The molecular formula is C30H31N3O6. The molecular weight excluding hydrogens is 498 g/mol. The van der Waals surface area contributed by atoms with E-state index >= 15 is 0 Å². The predicted molar refractivity (Wildman–Crippen MR) is 147 cm³/mol. The van der Waals surface area contributed by atoms with Crippen molar-refractivity contribution in [1.29, 1.82) is 0 Å². The number of hydrogen-bond acceptors (Lipinski definition) is 7. The Morgan fingerprint density at radius 1 is 1.00 bits per heavy atom. The van der Waals surface area contributed by atoms with Crippen LogP contribution in [0, 0.1) is 10.1 Å². The Kier molecular flexibility index (Phi) is 8.73. The molecule has 3 aromatic carbocycles. The second-order valence-electron chi connectivity index (χ2n) is 9.17. The summed E-state index contributed by atoms with van der Waals surface area (Å²) in [6.45, 7) is 6.64. The number of ether oxygens (including phenoxy) is 1. The molecule has 3 aromatic rings. The van der Waals surface area contributed by atoms with E-state index in [2.05, 4.69) is 4.90 Å². The zero-order valence-corrected chi connectivity index (χ0v) is 21.9. The van der Waals surface area contributed by atoms with E-state index in [0.29, 0.717) is 30.0 Å². The fourth-order valence-corrected chi connectivity index (χ4v) is 4.66. The maximum atomic E-state index is 13.3. The van der Waals surface area contributed by atoms with E-state index < -0.39 is 22.7 Å². The number of carbonyl (C=O) groups is 2. The number of rotatable bonds is 11. The van der Waals surface area contributed by atoms with E-state index in [-0.39, 0.29) is 23.6 Å². The van der Waals surface area contributed by atoms with Crippen LogP contribution in [0.2, 0.25) is 0 Å². The van der Waals surface area contributed by atoms with Gasteiger partial charge in [0.15, 0.2) is 0 Å². The number of nitro benzene ring substituents is 1. The first-order valence-electron chi connectivity index (χ1n) is 12.9. The second kappa shape index (κ2) is 12.4. The highest BCUT2D eigenvalue weighted by Crippen LogP contribution is 2.40. The van der Waals surface area contributed by atoms with Gasteiger partial charge in [-0.05, 0) is 48.5 Å². The summed E-state index contributed by atoms with van der Waals surface area (Å²) >= 11 is 0. The molecule has 1 fully saturated rings. The molecule has 0 saturated carbocycles. The quantitative estimate of drug-likeness (QED) is 0.123. The number of non-ortho nitro benzene ring substituents is 1. The van der Waals surface area contributed by atoms with Gasteiger partial charge >= 0.3 is 0 Å². The van der Waals surface area contributed by atoms with Crippen molar-refractivity contribution in [3.8, 4) is 5.75 Å². The lowest BCUT2D eigenvalue weighted by atomic mass is 9.95. The summed E-state index contributed by atoms with van der Waals surface area (Å²) in [5.41, 5.74) is 1.46. The van der Waals surface area contributed by atoms with Crippen LogP contribution in [0.1, 0.15) is 36.6 Å². The minimum absolute atomic E-state index is 0.0991. The Bertz CT molecular complexity index is 1370. The summed E-state index contributed by atoms with van der Waals surface area (Å²) in [6.07, 6.45) is 0. The molecule has 9 nitrogen and oxygen atoms in total. The number of likely N-dealkylation sites (N-methyl/N-ethyl adjacent to an activating group) is 1. The van der Waals surface area contributed by atoms with Crippen molar-refractivity contribution in [3.05, 3.63) is 111 Å². The van der Waals surface area contributed by atoms with Gasteiger partial charge in [-0.25, -0.2) is 0 Å². The molecule has 202 valence electrons. The highest BCUT2D eigenvalue weighted by molar-refractivity contribution is 6.46. The van der Waals surface area contributed by atoms with Gasteiger partial charge < -0.3 is 19.6 Å². The molecule has 1 aliphatic heterocycles. The molecule has 9 heteroatoms. The van der Waals surface area contributed by atoms with E-state index in [0.717, 1.165) is 18.7 Å². The molecule has 1 atom stereocenters. The second-order valence-corrected chi connectivity index (χ2v) is 9.17. The van der Waals surface area contributed by atoms with E-state index in [9.17, 15) is 24.8 Å². The van der Waals surface area contributed by atoms with Crippen LogP contribution in [0.5, 0.6) is 5.75 Å². The monoisotopic (exact) mass is 529 g/mol. The minimum atomic E-state index is -0.963. The van der Waals surface area contributed by atoms with Crippen molar-refractivity contribution in [2.24, 2.45) is 0 Å². The smallest absolute Gasteiger partial charge is 0.295 e. The van der Waals surface area contributed by atoms with E-state index in [4.69, 9.17) is 4.74 Å². The largest absolute Gasteiger partial charge is 0.507 e. The number of likely N-dealkylation sites (tertiary alicyclic amines) is 1. The molecule has 0 aliphatic carbocycles. The lowest BCUT2D eigenvalue weighted by Gasteiger charge is -2.28. The third-order valence-corrected chi connectivity index (χ3v) is 6.86. The van der Waals surface area contributed by atoms with Gasteiger partial charge in [-0.2, -0.15) is 0 Å². The first-order valence-corrected chi connectivity index (χ1v) is 12.9. The Labute approximate surface area is 227 Å². The van der Waals surface area contributed by atoms with Crippen molar-refractivity contribution < 1.29 is 24.4 Å². The molecule has 1 heterocycles. The van der Waals surface area contributed by atoms with Gasteiger partial charge in [0.1, 0.15) is 18.1 Å². The maximum Gasteiger partial charge on any atom is 0.295 e. The van der Waals surface area contributed by atoms with Crippen LogP contribution in [0.25, 0.3) is 5.76 Å². The Morgan fingerprint density at radius 2 is 1.69 bits per heavy atom. The lowest BCUT2D eigenvalue weighted by molar-refractivity contribution is -0.384. The number of nitro groups is 1. The minimum Gasteiger partial charge on any atom is -0.507 e. The number of amides is 1. The zero-order chi connectivity index (χ0) is 27.9. The van der Waals surface area contributed by atoms with Gasteiger partial charge in [-0.3, -0.25) is 19.7 Å². The Hall–Kier alpha value is -4.50. The molecule has 1 N–H and O–H groups in total. The van der Waals surface area contributed by atoms with Gasteiger partial charge in [0, 0.05) is 30.8 Å². The van der Waals surface area contributed by atoms with Crippen LogP contribution in [0.3, 0.4) is 0 Å². The molecule has 1 amide bonds. The zero-order valence-electron chi connectivity index (χ0n) is 21.9. The molecule has 0 bridgehead atoms. The molecule has 4 rings (SSSR count). The molecule has 1 aliphatic rings. The normalized spacial score (nSPS) is 16.6. The van der Waals surface area contributed by atoms with Crippen LogP contribution in [-0.4, -0.2) is 57.7 Å². The number of benzene rings is 3. The van der Waals surface area contributed by atoms with Crippen LogP contribution in [0.4, 0.5) is 5.69 Å². The first kappa shape index (κ1) is 27.5. The van der Waals surface area contributed by atoms with Crippen LogP contribution in [0.15, 0.2) is 84.4 Å². The molecule has 39 heavy (non-hydrogen) atoms. The third kappa shape index (κ3) is 6.15. The molecule has 1 saturated heterocycles. The van der Waals surface area contributed by atoms with Gasteiger partial charge in [-0.1, -0.05) is 56.3 Å². The van der Waals surface area contributed by atoms with Gasteiger partial charge in [0.05, 0.1) is 16.5 Å². The maximum absolute atomic E-state index is 13.3. The van der Waals surface area contributed by atoms with Crippen LogP contribution < -0.4 is 4.74 Å². The number of aliphatic hydroxyl groups is 1. The standard InChI is InChI=1S/C30H31N3O6/c1-3-31(4-2)17-18-32-27(23-11-8-12-24(19-23)33(37)38)26(29(35)30(32)36)28(34)22-13-15-25(16-14-22)39-20-21-9-6-5-7-10-21/h5-16,19,27,34H,3-4,17-18,20H2,1-2H3/b28-26+. The number of hydrogen-bond donors (Lipinski definition) is 1. The summed E-state index contributed by atoms with van der Waals surface area (Å²) < 4.78 is 5.81. The highest BCUT2D eigenvalue weighted by Gasteiger charge is 2.46. The lowest BCUT2D eigenvalue weighted by Crippen LogP contribution is -2.38. The number of nitrogens with zero attached hydrogens (tertiary/aromatic N) is 3. The summed E-state index contributed by atoms with van der Waals surface area (Å²) in [4.78, 5) is 40.9. The molecule has 0 radical (unpaired) electrons. The van der Waals surface area contributed by atoms with Crippen LogP contribution >= 0.6 is 0 Å². The highest BCUT2D eigenvalue weighted by atomic mass is 16.6. The van der Waals surface area contributed by atoms with Crippen molar-refractivity contribution in [1.82, 2.24) is 9.80 Å². The fourth-order valence-electron chi connectivity index (χ4n) is 4.66. The number of ketones is 1. The van der Waals surface area contributed by atoms with Crippen molar-refractivity contribution in [2.75, 3.05) is 26.2 Å². The van der Waals surface area contributed by atoms with E-state index in [1.165, 1.54) is 23.1 Å². The van der Waals surface area contributed by atoms with Gasteiger partial charge in [0.25, 0.3) is 17.4 Å². The van der Waals surface area contributed by atoms with Gasteiger partial charge in [0.2, 0.25) is 0 Å². The average Bonchev–Trinajstić information content (AvgIpc) is 3.22. The molecule has 0 aromatic heterocycles. The SMILES string of the molecule is CCN(CC)CCN1C(=O)C(=O)/C(=C(/O)c2ccc(OCc3ccccc3)cc2)C1c1cccc([N+](=O)[O-])c1. The van der Waals surface area contributed by atoms with E-state index in [1.54, 1.807) is 30.3 Å². The Balaban J connectivity index is 1.68. The first-order chi connectivity index (χ1) is 18.8. The number of Topliss-reactive ketones (excluding diaryl/α,β-unsaturated/α-hetero) is 1. The summed E-state index contributed by atoms with van der Waals surface area (Å²) in [6, 6.07) is 21.1. The van der Waals surface area contributed by atoms with Gasteiger partial charge in [-0.15, -0.1) is 0 Å². The van der Waals surface area contributed by atoms with E-state index in [1.807, 2.05) is 44.2 Å². The Morgan fingerprint density at radius 3 is 2.33 bits per heavy atom. The number of carbonyl (C=O) groups excluding carboxylic acids is 2. The summed E-state index contributed by atoms with van der Waals surface area (Å²) in [7, 11) is 0. The molecule has 1 unspecified atom stereocenters.